The SMILES string of the molecule is O=C(NCC1CCSC1)c1ccc(Cl)o1. The Morgan fingerprint density at radius 2 is 2.53 bits per heavy atom. The van der Waals surface area contributed by atoms with Crippen LogP contribution in [-0.4, -0.2) is 24.0 Å². The van der Waals surface area contributed by atoms with Crippen LogP contribution in [0.5, 0.6) is 0 Å². The van der Waals surface area contributed by atoms with Crippen LogP contribution >= 0.6 is 23.4 Å². The van der Waals surface area contributed by atoms with Crippen molar-refractivity contribution >= 4 is 29.3 Å². The highest BCUT2D eigenvalue weighted by Gasteiger charge is 2.17. The summed E-state index contributed by atoms with van der Waals surface area (Å²) in [6, 6.07) is 3.16. The molecule has 1 atom stereocenters. The third-order valence-corrected chi connectivity index (χ3v) is 3.81. The van der Waals surface area contributed by atoms with Crippen LogP contribution in [0.25, 0.3) is 0 Å². The highest BCUT2D eigenvalue weighted by Crippen LogP contribution is 2.22. The average Bonchev–Trinajstić information content (AvgIpc) is 2.84. The van der Waals surface area contributed by atoms with Crippen molar-refractivity contribution < 1.29 is 9.21 Å². The lowest BCUT2D eigenvalue weighted by molar-refractivity contribution is 0.0921. The molecule has 1 aromatic rings. The second-order valence-electron chi connectivity index (χ2n) is 3.54. The number of carbonyl (C=O) groups excluding carboxylic acids is 1. The van der Waals surface area contributed by atoms with Crippen LogP contribution in [0.15, 0.2) is 16.5 Å². The predicted molar refractivity (Wildman–Crippen MR) is 61.5 cm³/mol. The van der Waals surface area contributed by atoms with Crippen LogP contribution in [0.2, 0.25) is 5.22 Å². The molecule has 82 valence electrons. The molecule has 1 aliphatic heterocycles. The van der Waals surface area contributed by atoms with Gasteiger partial charge in [-0.2, -0.15) is 11.8 Å². The molecule has 1 aliphatic rings. The lowest BCUT2D eigenvalue weighted by Gasteiger charge is -2.08. The molecule has 1 fully saturated rings. The number of thioether (sulfide) groups is 1. The van der Waals surface area contributed by atoms with E-state index >= 15 is 0 Å². The largest absolute Gasteiger partial charge is 0.440 e. The summed E-state index contributed by atoms with van der Waals surface area (Å²) in [5.41, 5.74) is 0. The minimum atomic E-state index is -0.182. The second-order valence-corrected chi connectivity index (χ2v) is 5.07. The molecule has 1 saturated heterocycles. The number of hydrogen-bond acceptors (Lipinski definition) is 3. The number of hydrogen-bond donors (Lipinski definition) is 1. The summed E-state index contributed by atoms with van der Waals surface area (Å²) in [5.74, 6) is 3.04. The maximum atomic E-state index is 11.5. The molecule has 2 heterocycles. The van der Waals surface area contributed by atoms with Gasteiger partial charge in [-0.25, -0.2) is 0 Å². The lowest BCUT2D eigenvalue weighted by atomic mass is 10.1. The molecule has 0 aliphatic carbocycles. The number of halogens is 1. The Morgan fingerprint density at radius 1 is 1.67 bits per heavy atom. The van der Waals surface area contributed by atoms with Gasteiger partial charge in [0.2, 0.25) is 0 Å². The van der Waals surface area contributed by atoms with E-state index in [1.807, 2.05) is 11.8 Å². The van der Waals surface area contributed by atoms with E-state index in [-0.39, 0.29) is 16.9 Å². The summed E-state index contributed by atoms with van der Waals surface area (Å²) in [4.78, 5) is 11.5. The zero-order chi connectivity index (χ0) is 10.7. The van der Waals surface area contributed by atoms with Crippen LogP contribution < -0.4 is 5.32 Å². The Balaban J connectivity index is 1.81. The minimum Gasteiger partial charge on any atom is -0.440 e. The van der Waals surface area contributed by atoms with Gasteiger partial charge in [-0.3, -0.25) is 4.79 Å². The Labute approximate surface area is 97.5 Å². The van der Waals surface area contributed by atoms with Crippen LogP contribution in [0.4, 0.5) is 0 Å². The van der Waals surface area contributed by atoms with E-state index in [0.29, 0.717) is 5.92 Å². The van der Waals surface area contributed by atoms with Crippen molar-refractivity contribution in [1.29, 1.82) is 0 Å². The normalized spacial score (nSPS) is 20.5. The van der Waals surface area contributed by atoms with Gasteiger partial charge in [0, 0.05) is 6.54 Å². The molecule has 1 unspecified atom stereocenters. The average molecular weight is 246 g/mol. The first-order valence-electron chi connectivity index (χ1n) is 4.87. The van der Waals surface area contributed by atoms with Crippen LogP contribution in [0.3, 0.4) is 0 Å². The van der Waals surface area contributed by atoms with E-state index in [0.717, 1.165) is 12.3 Å². The summed E-state index contributed by atoms with van der Waals surface area (Å²) in [7, 11) is 0. The standard InChI is InChI=1S/C10H12ClNO2S/c11-9-2-1-8(14-9)10(13)12-5-7-3-4-15-6-7/h1-2,7H,3-6H2,(H,12,13). The summed E-state index contributed by atoms with van der Waals surface area (Å²) in [5, 5.41) is 3.10. The molecule has 1 amide bonds. The van der Waals surface area contributed by atoms with Gasteiger partial charge in [-0.05, 0) is 47.6 Å². The van der Waals surface area contributed by atoms with E-state index in [1.54, 1.807) is 12.1 Å². The topological polar surface area (TPSA) is 42.2 Å². The van der Waals surface area contributed by atoms with Gasteiger partial charge >= 0.3 is 0 Å². The number of nitrogens with one attached hydrogen (secondary N) is 1. The zero-order valence-corrected chi connectivity index (χ0v) is 9.74. The first kappa shape index (κ1) is 10.9. The van der Waals surface area contributed by atoms with Gasteiger partial charge in [0.15, 0.2) is 11.0 Å². The lowest BCUT2D eigenvalue weighted by Crippen LogP contribution is -2.28. The van der Waals surface area contributed by atoms with Crippen molar-refractivity contribution in [3.8, 4) is 0 Å². The van der Waals surface area contributed by atoms with Gasteiger partial charge in [-0.15, -0.1) is 0 Å². The molecule has 0 bridgehead atoms. The van der Waals surface area contributed by atoms with Crippen LogP contribution in [0.1, 0.15) is 17.0 Å². The zero-order valence-electron chi connectivity index (χ0n) is 8.16. The maximum Gasteiger partial charge on any atom is 0.287 e. The van der Waals surface area contributed by atoms with Crippen molar-refractivity contribution in [2.45, 2.75) is 6.42 Å². The minimum absolute atomic E-state index is 0.182. The molecular formula is C10H12ClNO2S. The molecule has 5 heteroatoms. The third kappa shape index (κ3) is 2.92. The molecule has 0 aromatic carbocycles. The summed E-state index contributed by atoms with van der Waals surface area (Å²) >= 11 is 7.52. The number of carbonyl (C=O) groups is 1. The molecule has 0 saturated carbocycles. The Hall–Kier alpha value is -0.610. The van der Waals surface area contributed by atoms with E-state index in [9.17, 15) is 4.79 Å². The fourth-order valence-corrected chi connectivity index (χ4v) is 2.94. The van der Waals surface area contributed by atoms with Crippen molar-refractivity contribution in [3.63, 3.8) is 0 Å². The van der Waals surface area contributed by atoms with Crippen molar-refractivity contribution in [2.24, 2.45) is 5.92 Å². The molecule has 1 N–H and O–H groups in total. The molecular weight excluding hydrogens is 234 g/mol. The molecule has 1 aromatic heterocycles. The van der Waals surface area contributed by atoms with Crippen molar-refractivity contribution in [3.05, 3.63) is 23.1 Å². The fraction of sp³-hybridized carbons (Fsp3) is 0.500. The smallest absolute Gasteiger partial charge is 0.287 e. The number of rotatable bonds is 3. The van der Waals surface area contributed by atoms with Crippen molar-refractivity contribution in [1.82, 2.24) is 5.32 Å². The monoisotopic (exact) mass is 245 g/mol. The summed E-state index contributed by atoms with van der Waals surface area (Å²) < 4.78 is 5.01. The summed E-state index contributed by atoms with van der Waals surface area (Å²) in [6.07, 6.45) is 1.18. The third-order valence-electron chi connectivity index (χ3n) is 2.37. The van der Waals surface area contributed by atoms with E-state index < -0.39 is 0 Å². The molecule has 2 rings (SSSR count). The Bertz CT molecular complexity index is 347. The number of amides is 1. The van der Waals surface area contributed by atoms with Gasteiger partial charge in [0.25, 0.3) is 5.91 Å². The van der Waals surface area contributed by atoms with Crippen molar-refractivity contribution in [2.75, 3.05) is 18.1 Å². The Kier molecular flexibility index (Phi) is 3.59. The summed E-state index contributed by atoms with van der Waals surface area (Å²) in [6.45, 7) is 0.726. The van der Waals surface area contributed by atoms with Gasteiger partial charge in [0.05, 0.1) is 0 Å². The van der Waals surface area contributed by atoms with Crippen LogP contribution in [-0.2, 0) is 0 Å². The van der Waals surface area contributed by atoms with Gasteiger partial charge in [0.1, 0.15) is 0 Å². The van der Waals surface area contributed by atoms with Gasteiger partial charge in [-0.1, -0.05) is 0 Å². The first-order valence-corrected chi connectivity index (χ1v) is 6.40. The van der Waals surface area contributed by atoms with E-state index in [2.05, 4.69) is 5.32 Å². The number of furan rings is 1. The van der Waals surface area contributed by atoms with E-state index in [1.165, 1.54) is 12.2 Å². The molecule has 3 nitrogen and oxygen atoms in total. The van der Waals surface area contributed by atoms with Gasteiger partial charge < -0.3 is 9.73 Å². The maximum absolute atomic E-state index is 11.5. The quantitative estimate of drug-likeness (QED) is 0.889. The predicted octanol–water partition coefficient (Wildman–Crippen LogP) is 2.42. The first-order chi connectivity index (χ1) is 7.25. The fourth-order valence-electron chi connectivity index (χ4n) is 1.50. The highest BCUT2D eigenvalue weighted by atomic mass is 35.5. The molecule has 0 spiro atoms. The molecule has 0 radical (unpaired) electrons. The second kappa shape index (κ2) is 4.94. The highest BCUT2D eigenvalue weighted by molar-refractivity contribution is 7.99. The Morgan fingerprint density at radius 3 is 3.13 bits per heavy atom. The van der Waals surface area contributed by atoms with Crippen LogP contribution in [0, 0.1) is 5.92 Å². The van der Waals surface area contributed by atoms with E-state index in [4.69, 9.17) is 16.0 Å². The molecule has 15 heavy (non-hydrogen) atoms.